The lowest BCUT2D eigenvalue weighted by atomic mass is 9.92. The van der Waals surface area contributed by atoms with Gasteiger partial charge in [0.25, 0.3) is 5.69 Å². The number of halogens is 2. The normalized spacial score (nSPS) is 13.6. The van der Waals surface area contributed by atoms with Crippen LogP contribution in [0.3, 0.4) is 0 Å². The SMILES string of the molecule is CCC(C)[C@@H](N)c1cc(Cl)ccc1[N+](=O)[O-].Cl. The molecule has 0 radical (unpaired) electrons. The number of rotatable bonds is 4. The predicted molar refractivity (Wildman–Crippen MR) is 71.7 cm³/mol. The van der Waals surface area contributed by atoms with Crippen molar-refractivity contribution in [1.29, 1.82) is 0 Å². The third-order valence-corrected chi connectivity index (χ3v) is 3.04. The van der Waals surface area contributed by atoms with Crippen molar-refractivity contribution in [3.8, 4) is 0 Å². The average Bonchev–Trinajstić information content (AvgIpc) is 2.26. The van der Waals surface area contributed by atoms with Crippen molar-refractivity contribution in [3.05, 3.63) is 38.9 Å². The van der Waals surface area contributed by atoms with E-state index in [2.05, 4.69) is 0 Å². The Bertz CT molecular complexity index is 399. The molecule has 0 saturated heterocycles. The van der Waals surface area contributed by atoms with Crippen LogP contribution in [0.1, 0.15) is 31.9 Å². The molecule has 0 saturated carbocycles. The van der Waals surface area contributed by atoms with Gasteiger partial charge in [0.15, 0.2) is 0 Å². The van der Waals surface area contributed by atoms with Crippen LogP contribution < -0.4 is 5.73 Å². The maximum absolute atomic E-state index is 10.9. The summed E-state index contributed by atoms with van der Waals surface area (Å²) in [6, 6.07) is 4.13. The fraction of sp³-hybridized carbons (Fsp3) is 0.455. The average molecular weight is 279 g/mol. The number of nitro groups is 1. The highest BCUT2D eigenvalue weighted by atomic mass is 35.5. The lowest BCUT2D eigenvalue weighted by Gasteiger charge is -2.18. The molecule has 2 N–H and O–H groups in total. The second-order valence-electron chi connectivity index (χ2n) is 3.87. The molecule has 0 aliphatic heterocycles. The fourth-order valence-corrected chi connectivity index (χ4v) is 1.70. The molecule has 1 unspecified atom stereocenters. The maximum Gasteiger partial charge on any atom is 0.274 e. The Morgan fingerprint density at radius 2 is 2.12 bits per heavy atom. The van der Waals surface area contributed by atoms with Gasteiger partial charge in [-0.15, -0.1) is 12.4 Å². The molecule has 1 rings (SSSR count). The molecule has 96 valence electrons. The summed E-state index contributed by atoms with van der Waals surface area (Å²) in [5.41, 5.74) is 6.54. The quantitative estimate of drug-likeness (QED) is 0.674. The summed E-state index contributed by atoms with van der Waals surface area (Å²) in [7, 11) is 0. The molecule has 6 heteroatoms. The van der Waals surface area contributed by atoms with Gasteiger partial charge in [-0.05, 0) is 18.1 Å². The predicted octanol–water partition coefficient (Wildman–Crippen LogP) is 3.72. The van der Waals surface area contributed by atoms with E-state index in [0.29, 0.717) is 10.6 Å². The Kier molecular flexibility index (Phi) is 6.45. The first-order chi connectivity index (χ1) is 7.47. The van der Waals surface area contributed by atoms with Crippen LogP contribution in [-0.4, -0.2) is 4.92 Å². The third kappa shape index (κ3) is 3.84. The van der Waals surface area contributed by atoms with Gasteiger partial charge in [0.2, 0.25) is 0 Å². The first kappa shape index (κ1) is 16.2. The zero-order valence-electron chi connectivity index (χ0n) is 9.72. The number of hydrogen-bond donors (Lipinski definition) is 1. The van der Waals surface area contributed by atoms with E-state index in [0.717, 1.165) is 6.42 Å². The number of benzene rings is 1. The van der Waals surface area contributed by atoms with Crippen LogP contribution in [0.4, 0.5) is 5.69 Å². The molecule has 0 heterocycles. The van der Waals surface area contributed by atoms with Gasteiger partial charge in [-0.2, -0.15) is 0 Å². The molecule has 0 aliphatic rings. The minimum atomic E-state index is -0.423. The van der Waals surface area contributed by atoms with Gasteiger partial charge in [0.05, 0.1) is 4.92 Å². The molecule has 17 heavy (non-hydrogen) atoms. The van der Waals surface area contributed by atoms with Crippen molar-refractivity contribution in [2.24, 2.45) is 11.7 Å². The van der Waals surface area contributed by atoms with E-state index >= 15 is 0 Å². The number of nitro benzene ring substituents is 1. The Morgan fingerprint density at radius 1 is 1.53 bits per heavy atom. The van der Waals surface area contributed by atoms with E-state index < -0.39 is 4.92 Å². The highest BCUT2D eigenvalue weighted by Gasteiger charge is 2.22. The molecule has 0 fully saturated rings. The monoisotopic (exact) mass is 278 g/mol. The summed E-state index contributed by atoms with van der Waals surface area (Å²) in [6.45, 7) is 3.97. The molecule has 4 nitrogen and oxygen atoms in total. The van der Waals surface area contributed by atoms with Gasteiger partial charge < -0.3 is 5.73 Å². The summed E-state index contributed by atoms with van der Waals surface area (Å²) in [4.78, 5) is 10.4. The number of nitrogens with two attached hydrogens (primary N) is 1. The van der Waals surface area contributed by atoms with E-state index in [9.17, 15) is 10.1 Å². The third-order valence-electron chi connectivity index (χ3n) is 2.80. The Balaban J connectivity index is 0.00000256. The van der Waals surface area contributed by atoms with Crippen LogP contribution in [0.25, 0.3) is 0 Å². The second-order valence-corrected chi connectivity index (χ2v) is 4.31. The zero-order valence-corrected chi connectivity index (χ0v) is 11.3. The van der Waals surface area contributed by atoms with Gasteiger partial charge in [-0.3, -0.25) is 10.1 Å². The van der Waals surface area contributed by atoms with Gasteiger partial charge in [0, 0.05) is 22.7 Å². The zero-order chi connectivity index (χ0) is 12.3. The first-order valence-corrected chi connectivity index (χ1v) is 5.54. The fourth-order valence-electron chi connectivity index (χ4n) is 1.52. The van der Waals surface area contributed by atoms with Crippen LogP contribution in [0.15, 0.2) is 18.2 Å². The van der Waals surface area contributed by atoms with Crippen LogP contribution in [0, 0.1) is 16.0 Å². The number of nitrogens with zero attached hydrogens (tertiary/aromatic N) is 1. The highest BCUT2D eigenvalue weighted by Crippen LogP contribution is 2.31. The molecule has 1 aromatic carbocycles. The van der Waals surface area contributed by atoms with E-state index in [4.69, 9.17) is 17.3 Å². The van der Waals surface area contributed by atoms with E-state index in [1.165, 1.54) is 12.1 Å². The largest absolute Gasteiger partial charge is 0.324 e. The van der Waals surface area contributed by atoms with E-state index in [1.807, 2.05) is 13.8 Å². The van der Waals surface area contributed by atoms with Crippen molar-refractivity contribution < 1.29 is 4.92 Å². The molecule has 0 aromatic heterocycles. The lowest BCUT2D eigenvalue weighted by Crippen LogP contribution is -2.19. The van der Waals surface area contributed by atoms with Crippen molar-refractivity contribution in [1.82, 2.24) is 0 Å². The second kappa shape index (κ2) is 6.79. The molecular formula is C11H16Cl2N2O2. The van der Waals surface area contributed by atoms with Gasteiger partial charge in [-0.1, -0.05) is 31.9 Å². The van der Waals surface area contributed by atoms with Crippen LogP contribution in [0.5, 0.6) is 0 Å². The molecule has 0 aliphatic carbocycles. The summed E-state index contributed by atoms with van der Waals surface area (Å²) in [5, 5.41) is 11.3. The Hall–Kier alpha value is -0.840. The maximum atomic E-state index is 10.9. The standard InChI is InChI=1S/C11H15ClN2O2.ClH/c1-3-7(2)11(13)9-6-8(12)4-5-10(9)14(15)16;/h4-7,11H,3,13H2,1-2H3;1H/t7?,11-;/m1./s1. The molecule has 0 spiro atoms. The van der Waals surface area contributed by atoms with Crippen LogP contribution in [-0.2, 0) is 0 Å². The highest BCUT2D eigenvalue weighted by molar-refractivity contribution is 6.30. The van der Waals surface area contributed by atoms with Crippen molar-refractivity contribution in [2.45, 2.75) is 26.3 Å². The molecule has 1 aromatic rings. The topological polar surface area (TPSA) is 69.2 Å². The van der Waals surface area contributed by atoms with Gasteiger partial charge in [0.1, 0.15) is 0 Å². The van der Waals surface area contributed by atoms with Crippen LogP contribution in [0.2, 0.25) is 5.02 Å². The van der Waals surface area contributed by atoms with E-state index in [-0.39, 0.29) is 30.1 Å². The van der Waals surface area contributed by atoms with Crippen molar-refractivity contribution in [2.75, 3.05) is 0 Å². The summed E-state index contributed by atoms with van der Waals surface area (Å²) < 4.78 is 0. The van der Waals surface area contributed by atoms with Gasteiger partial charge in [-0.25, -0.2) is 0 Å². The summed E-state index contributed by atoms with van der Waals surface area (Å²) in [6.07, 6.45) is 0.866. The van der Waals surface area contributed by atoms with Crippen molar-refractivity contribution >= 4 is 29.7 Å². The Morgan fingerprint density at radius 3 is 2.59 bits per heavy atom. The Labute approximate surface area is 112 Å². The van der Waals surface area contributed by atoms with Crippen LogP contribution >= 0.6 is 24.0 Å². The van der Waals surface area contributed by atoms with E-state index in [1.54, 1.807) is 6.07 Å². The smallest absolute Gasteiger partial charge is 0.274 e. The van der Waals surface area contributed by atoms with Gasteiger partial charge >= 0.3 is 0 Å². The molecule has 0 amide bonds. The molecule has 2 atom stereocenters. The number of hydrogen-bond acceptors (Lipinski definition) is 3. The molecular weight excluding hydrogens is 263 g/mol. The minimum absolute atomic E-state index is 0. The summed E-state index contributed by atoms with van der Waals surface area (Å²) in [5.74, 6) is 0.178. The lowest BCUT2D eigenvalue weighted by molar-refractivity contribution is -0.385. The summed E-state index contributed by atoms with van der Waals surface area (Å²) >= 11 is 5.84. The first-order valence-electron chi connectivity index (χ1n) is 5.16. The minimum Gasteiger partial charge on any atom is -0.324 e. The van der Waals surface area contributed by atoms with Crippen molar-refractivity contribution in [3.63, 3.8) is 0 Å². The molecule has 0 bridgehead atoms.